The molecule has 20 heavy (non-hydrogen) atoms. The molecular weight excluding hydrogens is 264 g/mol. The maximum Gasteiger partial charge on any atom is 0.311 e. The Labute approximate surface area is 119 Å². The van der Waals surface area contributed by atoms with E-state index in [1.54, 1.807) is 0 Å². The van der Waals surface area contributed by atoms with Gasteiger partial charge in [0.15, 0.2) is 13.6 Å². The van der Waals surface area contributed by atoms with Crippen molar-refractivity contribution in [3.8, 4) is 0 Å². The molecule has 0 aromatic heterocycles. The summed E-state index contributed by atoms with van der Waals surface area (Å²) in [7, 11) is 0. The summed E-state index contributed by atoms with van der Waals surface area (Å²) in [6.45, 7) is 4.73. The van der Waals surface area contributed by atoms with E-state index in [9.17, 15) is 9.59 Å². The number of carbonyl (C=O) groups is 2. The van der Waals surface area contributed by atoms with Gasteiger partial charge in [0, 0.05) is 13.2 Å². The molecule has 0 unspecified atom stereocenters. The zero-order chi connectivity index (χ0) is 14.8. The van der Waals surface area contributed by atoms with Crippen molar-refractivity contribution in [2.24, 2.45) is 11.8 Å². The average molecular weight is 288 g/mol. The van der Waals surface area contributed by atoms with Crippen molar-refractivity contribution in [2.45, 2.75) is 39.5 Å². The van der Waals surface area contributed by atoms with E-state index in [0.717, 1.165) is 0 Å². The van der Waals surface area contributed by atoms with Crippen molar-refractivity contribution in [2.75, 3.05) is 26.8 Å². The lowest BCUT2D eigenvalue weighted by molar-refractivity contribution is -0.167. The lowest BCUT2D eigenvalue weighted by Crippen LogP contribution is -2.29. The molecule has 0 spiro atoms. The van der Waals surface area contributed by atoms with Gasteiger partial charge in [0.2, 0.25) is 0 Å². The molecule has 0 amide bonds. The smallest absolute Gasteiger partial charge is 0.311 e. The van der Waals surface area contributed by atoms with Crippen LogP contribution in [0.4, 0.5) is 0 Å². The first-order chi connectivity index (χ1) is 9.69. The van der Waals surface area contributed by atoms with Crippen LogP contribution in [0.5, 0.6) is 0 Å². The normalized spacial score (nSPS) is 22.3. The molecular formula is C14H24O6. The van der Waals surface area contributed by atoms with Crippen LogP contribution in [0.2, 0.25) is 0 Å². The Kier molecular flexibility index (Phi) is 8.22. The number of hydrogen-bond donors (Lipinski definition) is 0. The van der Waals surface area contributed by atoms with Crippen molar-refractivity contribution in [1.82, 2.24) is 0 Å². The van der Waals surface area contributed by atoms with Crippen LogP contribution in [-0.2, 0) is 28.5 Å². The minimum absolute atomic E-state index is 0.00562. The van der Waals surface area contributed by atoms with Gasteiger partial charge in [-0.1, -0.05) is 0 Å². The number of carbonyl (C=O) groups excluding carboxylic acids is 2. The third kappa shape index (κ3) is 5.88. The van der Waals surface area contributed by atoms with Gasteiger partial charge in [0.1, 0.15) is 0 Å². The monoisotopic (exact) mass is 288 g/mol. The molecule has 1 fully saturated rings. The Morgan fingerprint density at radius 1 is 0.800 bits per heavy atom. The van der Waals surface area contributed by atoms with Crippen molar-refractivity contribution < 1.29 is 28.5 Å². The van der Waals surface area contributed by atoms with E-state index in [2.05, 4.69) is 0 Å². The first-order valence-electron chi connectivity index (χ1n) is 7.17. The minimum Gasteiger partial charge on any atom is -0.438 e. The second kappa shape index (κ2) is 9.72. The van der Waals surface area contributed by atoms with Crippen molar-refractivity contribution in [3.05, 3.63) is 0 Å². The second-order valence-corrected chi connectivity index (χ2v) is 4.70. The van der Waals surface area contributed by atoms with Crippen LogP contribution < -0.4 is 0 Å². The van der Waals surface area contributed by atoms with Gasteiger partial charge in [-0.15, -0.1) is 0 Å². The Bertz CT molecular complexity index is 266. The highest BCUT2D eigenvalue weighted by Gasteiger charge is 2.31. The molecule has 0 heterocycles. The zero-order valence-electron chi connectivity index (χ0n) is 12.3. The highest BCUT2D eigenvalue weighted by Crippen LogP contribution is 2.30. The number of hydrogen-bond acceptors (Lipinski definition) is 6. The van der Waals surface area contributed by atoms with Gasteiger partial charge in [0.05, 0.1) is 11.8 Å². The van der Waals surface area contributed by atoms with Crippen LogP contribution in [0.3, 0.4) is 0 Å². The third-order valence-electron chi connectivity index (χ3n) is 3.37. The predicted molar refractivity (Wildman–Crippen MR) is 70.6 cm³/mol. The van der Waals surface area contributed by atoms with Crippen LogP contribution in [0.1, 0.15) is 39.5 Å². The second-order valence-electron chi connectivity index (χ2n) is 4.70. The van der Waals surface area contributed by atoms with Crippen LogP contribution in [-0.4, -0.2) is 38.7 Å². The molecule has 0 atom stereocenters. The Hall–Kier alpha value is -1.14. The Balaban J connectivity index is 2.21. The highest BCUT2D eigenvalue weighted by atomic mass is 16.7. The van der Waals surface area contributed by atoms with Crippen LogP contribution in [0.15, 0.2) is 0 Å². The summed E-state index contributed by atoms with van der Waals surface area (Å²) in [4.78, 5) is 23.4. The maximum absolute atomic E-state index is 11.7. The lowest BCUT2D eigenvalue weighted by atomic mass is 9.82. The van der Waals surface area contributed by atoms with Crippen molar-refractivity contribution in [3.63, 3.8) is 0 Å². The molecule has 6 heteroatoms. The SMILES string of the molecule is CCOCOC(=O)C1CCC(C(=O)OCOCC)CC1. The van der Waals surface area contributed by atoms with Gasteiger partial charge in [-0.05, 0) is 39.5 Å². The Morgan fingerprint density at radius 3 is 1.45 bits per heavy atom. The molecule has 1 aliphatic rings. The fourth-order valence-electron chi connectivity index (χ4n) is 2.17. The van der Waals surface area contributed by atoms with E-state index in [1.165, 1.54) is 0 Å². The fourth-order valence-corrected chi connectivity index (χ4v) is 2.17. The van der Waals surface area contributed by atoms with E-state index >= 15 is 0 Å². The van der Waals surface area contributed by atoms with Gasteiger partial charge in [-0.2, -0.15) is 0 Å². The van der Waals surface area contributed by atoms with Crippen LogP contribution in [0, 0.1) is 11.8 Å². The molecule has 0 radical (unpaired) electrons. The van der Waals surface area contributed by atoms with E-state index in [0.29, 0.717) is 38.9 Å². The summed E-state index contributed by atoms with van der Waals surface area (Å²) in [5, 5.41) is 0. The van der Waals surface area contributed by atoms with Crippen molar-refractivity contribution in [1.29, 1.82) is 0 Å². The quantitative estimate of drug-likeness (QED) is 0.386. The number of ether oxygens (including phenoxy) is 4. The summed E-state index contributed by atoms with van der Waals surface area (Å²) in [6.07, 6.45) is 2.61. The molecule has 0 aliphatic heterocycles. The van der Waals surface area contributed by atoms with Gasteiger partial charge in [-0.3, -0.25) is 9.59 Å². The van der Waals surface area contributed by atoms with E-state index in [4.69, 9.17) is 18.9 Å². The lowest BCUT2D eigenvalue weighted by Gasteiger charge is -2.25. The molecule has 6 nitrogen and oxygen atoms in total. The summed E-state index contributed by atoms with van der Waals surface area (Å²) in [5.41, 5.74) is 0. The predicted octanol–water partition coefficient (Wildman–Crippen LogP) is 1.87. The maximum atomic E-state index is 11.7. The summed E-state index contributed by atoms with van der Waals surface area (Å²) in [5.74, 6) is -0.739. The van der Waals surface area contributed by atoms with Gasteiger partial charge < -0.3 is 18.9 Å². The molecule has 1 rings (SSSR count). The molecule has 0 aromatic rings. The zero-order valence-corrected chi connectivity index (χ0v) is 12.3. The average Bonchev–Trinajstić information content (AvgIpc) is 2.47. The van der Waals surface area contributed by atoms with E-state index in [-0.39, 0.29) is 37.4 Å². The molecule has 0 N–H and O–H groups in total. The standard InChI is InChI=1S/C14H24O6/c1-3-17-9-19-13(15)11-5-7-12(8-6-11)14(16)20-10-18-4-2/h11-12H,3-10H2,1-2H3. The van der Waals surface area contributed by atoms with Crippen LogP contribution >= 0.6 is 0 Å². The first-order valence-corrected chi connectivity index (χ1v) is 7.17. The first kappa shape index (κ1) is 16.9. The minimum atomic E-state index is -0.236. The topological polar surface area (TPSA) is 71.1 Å². The van der Waals surface area contributed by atoms with E-state index < -0.39 is 0 Å². The number of rotatable bonds is 8. The van der Waals surface area contributed by atoms with Crippen LogP contribution in [0.25, 0.3) is 0 Å². The Morgan fingerprint density at radius 2 is 1.15 bits per heavy atom. The summed E-state index contributed by atoms with van der Waals surface area (Å²) >= 11 is 0. The molecule has 1 aliphatic carbocycles. The fraction of sp³-hybridized carbons (Fsp3) is 0.857. The van der Waals surface area contributed by atoms with Gasteiger partial charge in [0.25, 0.3) is 0 Å². The van der Waals surface area contributed by atoms with Crippen molar-refractivity contribution >= 4 is 11.9 Å². The van der Waals surface area contributed by atoms with E-state index in [1.807, 2.05) is 13.8 Å². The third-order valence-corrected chi connectivity index (χ3v) is 3.37. The molecule has 0 bridgehead atoms. The molecule has 1 saturated carbocycles. The summed E-state index contributed by atoms with van der Waals surface area (Å²) in [6, 6.07) is 0. The van der Waals surface area contributed by atoms with Gasteiger partial charge >= 0.3 is 11.9 Å². The molecule has 0 saturated heterocycles. The largest absolute Gasteiger partial charge is 0.438 e. The highest BCUT2D eigenvalue weighted by molar-refractivity contribution is 5.75. The molecule has 116 valence electrons. The summed E-state index contributed by atoms with van der Waals surface area (Å²) < 4.78 is 20.0. The molecule has 0 aromatic carbocycles. The van der Waals surface area contributed by atoms with Gasteiger partial charge in [-0.25, -0.2) is 0 Å². The number of esters is 2.